The van der Waals surface area contributed by atoms with E-state index in [0.29, 0.717) is 23.5 Å². The molecule has 3 N–H and O–H groups in total. The molecule has 0 radical (unpaired) electrons. The predicted molar refractivity (Wildman–Crippen MR) is 136 cm³/mol. The monoisotopic (exact) mass is 484 g/mol. The number of para-hydroxylation sites is 1. The van der Waals surface area contributed by atoms with Gasteiger partial charge in [-0.15, -0.1) is 0 Å². The van der Waals surface area contributed by atoms with Gasteiger partial charge >= 0.3 is 12.0 Å². The zero-order valence-corrected chi connectivity index (χ0v) is 20.2. The summed E-state index contributed by atoms with van der Waals surface area (Å²) in [7, 11) is 1.51. The lowest BCUT2D eigenvalue weighted by Gasteiger charge is -2.24. The highest BCUT2D eigenvalue weighted by Gasteiger charge is 2.28. The average Bonchev–Trinajstić information content (AvgIpc) is 3.14. The van der Waals surface area contributed by atoms with Crippen molar-refractivity contribution in [3.63, 3.8) is 0 Å². The molecule has 0 bridgehead atoms. The first-order chi connectivity index (χ1) is 17.5. The van der Waals surface area contributed by atoms with Gasteiger partial charge in [-0.2, -0.15) is 5.10 Å². The van der Waals surface area contributed by atoms with E-state index in [4.69, 9.17) is 9.84 Å². The number of urea groups is 1. The molecule has 2 atom stereocenters. The second-order valence-corrected chi connectivity index (χ2v) is 8.76. The van der Waals surface area contributed by atoms with E-state index in [9.17, 15) is 9.90 Å². The molecule has 2 aromatic carbocycles. The van der Waals surface area contributed by atoms with E-state index in [1.165, 1.54) is 7.11 Å². The van der Waals surface area contributed by atoms with Crippen molar-refractivity contribution in [3.05, 3.63) is 83.7 Å². The quantitative estimate of drug-likeness (QED) is 0.366. The molecule has 9 nitrogen and oxygen atoms in total. The number of amides is 2. The van der Waals surface area contributed by atoms with Crippen LogP contribution in [0, 0.1) is 6.92 Å². The highest BCUT2D eigenvalue weighted by molar-refractivity contribution is 5.91. The number of aliphatic hydroxyl groups is 1. The third kappa shape index (κ3) is 4.65. The molecule has 0 saturated carbocycles. The summed E-state index contributed by atoms with van der Waals surface area (Å²) in [5.74, 6) is 0.515. The van der Waals surface area contributed by atoms with E-state index < -0.39 is 18.2 Å². The Labute approximate surface area is 209 Å². The molecule has 2 aromatic heterocycles. The fourth-order valence-corrected chi connectivity index (χ4v) is 4.62. The molecule has 0 spiro atoms. The number of carbonyl (C=O) groups excluding carboxylic acids is 1. The van der Waals surface area contributed by atoms with Gasteiger partial charge in [0.1, 0.15) is 11.5 Å². The van der Waals surface area contributed by atoms with Gasteiger partial charge < -0.3 is 15.2 Å². The summed E-state index contributed by atoms with van der Waals surface area (Å²) < 4.78 is 6.75. The lowest BCUT2D eigenvalue weighted by Crippen LogP contribution is -2.39. The van der Waals surface area contributed by atoms with Gasteiger partial charge in [0.15, 0.2) is 0 Å². The van der Waals surface area contributed by atoms with Gasteiger partial charge in [0.05, 0.1) is 24.9 Å². The number of hydrogen-bond acceptors (Lipinski definition) is 6. The number of hydrogen-bond donors (Lipinski definition) is 3. The van der Waals surface area contributed by atoms with Crippen LogP contribution in [0.3, 0.4) is 0 Å². The Balaban J connectivity index is 1.48. The number of carbonyl (C=O) groups is 1. The maximum Gasteiger partial charge on any atom is 0.320 e. The maximum absolute atomic E-state index is 13.3. The highest BCUT2D eigenvalue weighted by atomic mass is 16.5. The summed E-state index contributed by atoms with van der Waals surface area (Å²) in [6, 6.07) is 16.8. The molecule has 2 amide bonds. The van der Waals surface area contributed by atoms with Crippen LogP contribution in [-0.2, 0) is 6.42 Å². The van der Waals surface area contributed by atoms with E-state index in [1.54, 1.807) is 17.1 Å². The first-order valence-corrected chi connectivity index (χ1v) is 11.9. The smallest absolute Gasteiger partial charge is 0.320 e. The maximum atomic E-state index is 13.3. The summed E-state index contributed by atoms with van der Waals surface area (Å²) in [5.41, 5.74) is 4.96. The Hall–Kier alpha value is -4.24. The van der Waals surface area contributed by atoms with Crippen molar-refractivity contribution in [1.82, 2.24) is 25.1 Å². The molecule has 0 aliphatic heterocycles. The predicted octanol–water partition coefficient (Wildman–Crippen LogP) is 4.21. The van der Waals surface area contributed by atoms with E-state index in [2.05, 4.69) is 26.7 Å². The molecular weight excluding hydrogens is 456 g/mol. The number of aromatic nitrogens is 4. The number of aliphatic hydroxyl groups excluding tert-OH is 1. The largest absolute Gasteiger partial charge is 0.467 e. The SMILES string of the molecule is COc1ncc(-c2nn(-c3ccccc3)c(NC(=O)NC3c4ccccc4CCC[C@H]3O)c2C)cn1. The Morgan fingerprint density at radius 3 is 2.56 bits per heavy atom. The Morgan fingerprint density at radius 2 is 1.81 bits per heavy atom. The van der Waals surface area contributed by atoms with Crippen LogP contribution in [0.2, 0.25) is 0 Å². The molecule has 0 fully saturated rings. The zero-order valence-electron chi connectivity index (χ0n) is 20.2. The Morgan fingerprint density at radius 1 is 1.08 bits per heavy atom. The van der Waals surface area contributed by atoms with Crippen molar-refractivity contribution in [3.8, 4) is 23.0 Å². The molecule has 2 heterocycles. The highest BCUT2D eigenvalue weighted by Crippen LogP contribution is 2.32. The number of fused-ring (bicyclic) bond motifs is 1. The number of rotatable bonds is 5. The number of nitrogens with one attached hydrogen (secondary N) is 2. The number of aryl methyl sites for hydroxylation is 1. The van der Waals surface area contributed by atoms with Crippen LogP contribution in [0.1, 0.15) is 35.6 Å². The normalized spacial score (nSPS) is 17.1. The topological polar surface area (TPSA) is 114 Å². The third-order valence-corrected chi connectivity index (χ3v) is 6.45. The van der Waals surface area contributed by atoms with Crippen molar-refractivity contribution in [2.45, 2.75) is 38.3 Å². The van der Waals surface area contributed by atoms with Crippen LogP contribution >= 0.6 is 0 Å². The van der Waals surface area contributed by atoms with Crippen LogP contribution < -0.4 is 15.4 Å². The summed E-state index contributed by atoms with van der Waals surface area (Å²) in [6.45, 7) is 1.89. The summed E-state index contributed by atoms with van der Waals surface area (Å²) in [4.78, 5) is 21.7. The lowest BCUT2D eigenvalue weighted by atomic mass is 9.98. The summed E-state index contributed by atoms with van der Waals surface area (Å²) in [6.07, 6.45) is 4.96. The minimum atomic E-state index is -0.675. The molecular formula is C27H28N6O3. The minimum absolute atomic E-state index is 0.263. The first kappa shape index (κ1) is 23.5. The van der Waals surface area contributed by atoms with Gasteiger partial charge in [0, 0.05) is 23.5 Å². The fraction of sp³-hybridized carbons (Fsp3) is 0.259. The van der Waals surface area contributed by atoms with Gasteiger partial charge in [0.2, 0.25) is 0 Å². The van der Waals surface area contributed by atoms with E-state index >= 15 is 0 Å². The van der Waals surface area contributed by atoms with Crippen LogP contribution in [0.4, 0.5) is 10.6 Å². The molecule has 36 heavy (non-hydrogen) atoms. The Bertz CT molecular complexity index is 1350. The molecule has 1 unspecified atom stereocenters. The summed E-state index contributed by atoms with van der Waals surface area (Å²) >= 11 is 0. The Kier molecular flexibility index (Phi) is 6.64. The van der Waals surface area contributed by atoms with Gasteiger partial charge in [-0.1, -0.05) is 42.5 Å². The molecule has 0 saturated heterocycles. The number of methoxy groups -OCH3 is 1. The van der Waals surface area contributed by atoms with Crippen LogP contribution in [0.5, 0.6) is 6.01 Å². The molecule has 9 heteroatoms. The average molecular weight is 485 g/mol. The number of nitrogens with zero attached hydrogens (tertiary/aromatic N) is 4. The van der Waals surface area contributed by atoms with E-state index in [0.717, 1.165) is 35.2 Å². The number of ether oxygens (including phenoxy) is 1. The van der Waals surface area contributed by atoms with Crippen molar-refractivity contribution >= 4 is 11.8 Å². The zero-order chi connectivity index (χ0) is 25.1. The second kappa shape index (κ2) is 10.2. The molecule has 1 aliphatic rings. The fourth-order valence-electron chi connectivity index (χ4n) is 4.62. The van der Waals surface area contributed by atoms with Crippen molar-refractivity contribution in [2.24, 2.45) is 0 Å². The van der Waals surface area contributed by atoms with Gasteiger partial charge in [-0.3, -0.25) is 5.32 Å². The van der Waals surface area contributed by atoms with Crippen molar-refractivity contribution in [2.75, 3.05) is 12.4 Å². The standard InChI is InChI=1S/C27H28N6O3/c1-17-23(19-15-28-27(36-2)29-16-19)32-33(20-11-4-3-5-12-20)25(17)31-26(35)30-24-21-13-7-6-9-18(21)10-8-14-22(24)34/h3-7,9,11-13,15-16,22,24,34H,8,10,14H2,1-2H3,(H2,30,31,35)/t22-,24?/m1/s1. The summed E-state index contributed by atoms with van der Waals surface area (Å²) in [5, 5.41) is 21.6. The first-order valence-electron chi connectivity index (χ1n) is 11.9. The lowest BCUT2D eigenvalue weighted by molar-refractivity contribution is 0.123. The van der Waals surface area contributed by atoms with Crippen molar-refractivity contribution < 1.29 is 14.6 Å². The molecule has 4 aromatic rings. The third-order valence-electron chi connectivity index (χ3n) is 6.45. The van der Waals surface area contributed by atoms with Gasteiger partial charge in [0.25, 0.3) is 0 Å². The minimum Gasteiger partial charge on any atom is -0.467 e. The molecule has 5 rings (SSSR count). The van der Waals surface area contributed by atoms with Gasteiger partial charge in [-0.05, 0) is 49.4 Å². The second-order valence-electron chi connectivity index (χ2n) is 8.76. The van der Waals surface area contributed by atoms with Crippen LogP contribution in [0.25, 0.3) is 16.9 Å². The molecule has 184 valence electrons. The van der Waals surface area contributed by atoms with E-state index in [-0.39, 0.29) is 6.01 Å². The van der Waals surface area contributed by atoms with Crippen LogP contribution in [-0.4, -0.2) is 44.1 Å². The van der Waals surface area contributed by atoms with Crippen LogP contribution in [0.15, 0.2) is 67.0 Å². The van der Waals surface area contributed by atoms with Crippen molar-refractivity contribution in [1.29, 1.82) is 0 Å². The molecule has 1 aliphatic carbocycles. The number of anilines is 1. The number of benzene rings is 2. The van der Waals surface area contributed by atoms with Gasteiger partial charge in [-0.25, -0.2) is 19.4 Å². The van der Waals surface area contributed by atoms with E-state index in [1.807, 2.05) is 55.5 Å².